The number of benzene rings is 1. The first-order chi connectivity index (χ1) is 11.1. The maximum absolute atomic E-state index is 12.0. The van der Waals surface area contributed by atoms with Crippen LogP contribution < -0.4 is 5.32 Å². The highest BCUT2D eigenvalue weighted by molar-refractivity contribution is 5.92. The number of rotatable bonds is 5. The molecule has 1 aromatic carbocycles. The number of aromatic nitrogens is 4. The van der Waals surface area contributed by atoms with Gasteiger partial charge in [0.25, 0.3) is 5.91 Å². The van der Waals surface area contributed by atoms with Gasteiger partial charge in [-0.05, 0) is 24.1 Å². The van der Waals surface area contributed by atoms with Gasteiger partial charge < -0.3 is 5.32 Å². The molecule has 0 spiro atoms. The molecule has 0 saturated carbocycles. The van der Waals surface area contributed by atoms with Crippen LogP contribution in [0.1, 0.15) is 41.5 Å². The van der Waals surface area contributed by atoms with Crippen LogP contribution in [0.5, 0.6) is 0 Å². The molecule has 2 heterocycles. The Morgan fingerprint density at radius 2 is 2.04 bits per heavy atom. The molecular formula is C17H19N5O. The van der Waals surface area contributed by atoms with Crippen LogP contribution in [0.25, 0.3) is 5.69 Å². The van der Waals surface area contributed by atoms with E-state index in [0.717, 1.165) is 16.9 Å². The van der Waals surface area contributed by atoms with E-state index in [2.05, 4.69) is 34.5 Å². The molecule has 0 radical (unpaired) electrons. The van der Waals surface area contributed by atoms with Crippen LogP contribution in [0, 0.1) is 0 Å². The van der Waals surface area contributed by atoms with Gasteiger partial charge in [-0.15, -0.1) is 0 Å². The fourth-order valence-electron chi connectivity index (χ4n) is 2.41. The summed E-state index contributed by atoms with van der Waals surface area (Å²) in [6, 6.07) is 11.6. The summed E-state index contributed by atoms with van der Waals surface area (Å²) in [7, 11) is 0. The minimum absolute atomic E-state index is 0.176. The zero-order valence-corrected chi connectivity index (χ0v) is 13.2. The van der Waals surface area contributed by atoms with Gasteiger partial charge in [0.2, 0.25) is 0 Å². The average molecular weight is 309 g/mol. The van der Waals surface area contributed by atoms with E-state index in [-0.39, 0.29) is 11.8 Å². The van der Waals surface area contributed by atoms with E-state index in [1.807, 2.05) is 41.2 Å². The van der Waals surface area contributed by atoms with Crippen LogP contribution in [-0.4, -0.2) is 25.9 Å². The van der Waals surface area contributed by atoms with Crippen molar-refractivity contribution >= 4 is 5.91 Å². The second-order valence-electron chi connectivity index (χ2n) is 5.63. The van der Waals surface area contributed by atoms with Crippen molar-refractivity contribution in [2.24, 2.45) is 0 Å². The van der Waals surface area contributed by atoms with Crippen molar-refractivity contribution < 1.29 is 4.79 Å². The molecule has 0 saturated heterocycles. The molecule has 1 amide bonds. The number of para-hydroxylation sites is 1. The maximum atomic E-state index is 12.0. The molecule has 2 N–H and O–H groups in total. The van der Waals surface area contributed by atoms with Crippen molar-refractivity contribution in [1.82, 2.24) is 25.3 Å². The summed E-state index contributed by atoms with van der Waals surface area (Å²) in [5.74, 6) is 0.101. The summed E-state index contributed by atoms with van der Waals surface area (Å²) in [6.45, 7) is 4.62. The predicted octanol–water partition coefficient (Wildman–Crippen LogP) is 2.65. The van der Waals surface area contributed by atoms with E-state index in [1.54, 1.807) is 12.3 Å². The number of H-pyrrole nitrogens is 1. The fourth-order valence-corrected chi connectivity index (χ4v) is 2.41. The average Bonchev–Trinajstić information content (AvgIpc) is 3.23. The summed E-state index contributed by atoms with van der Waals surface area (Å²) in [4.78, 5) is 12.0. The quantitative estimate of drug-likeness (QED) is 0.761. The second kappa shape index (κ2) is 6.48. The molecule has 0 aliphatic rings. The molecule has 6 heteroatoms. The van der Waals surface area contributed by atoms with Crippen molar-refractivity contribution in [3.8, 4) is 5.69 Å². The van der Waals surface area contributed by atoms with Crippen LogP contribution in [0.4, 0.5) is 0 Å². The number of aromatic amines is 1. The van der Waals surface area contributed by atoms with Gasteiger partial charge in [0.05, 0.1) is 11.4 Å². The fraction of sp³-hybridized carbons (Fsp3) is 0.235. The van der Waals surface area contributed by atoms with Crippen molar-refractivity contribution in [3.63, 3.8) is 0 Å². The number of hydrogen-bond donors (Lipinski definition) is 2. The summed E-state index contributed by atoms with van der Waals surface area (Å²) in [5.41, 5.74) is 3.45. The topological polar surface area (TPSA) is 75.6 Å². The van der Waals surface area contributed by atoms with Gasteiger partial charge in [0, 0.05) is 24.5 Å². The first-order valence-electron chi connectivity index (χ1n) is 7.56. The van der Waals surface area contributed by atoms with E-state index < -0.39 is 0 Å². The van der Waals surface area contributed by atoms with Crippen LogP contribution in [0.2, 0.25) is 0 Å². The molecule has 0 unspecified atom stereocenters. The lowest BCUT2D eigenvalue weighted by atomic mass is 10.1. The van der Waals surface area contributed by atoms with Crippen LogP contribution in [-0.2, 0) is 6.54 Å². The lowest BCUT2D eigenvalue weighted by Crippen LogP contribution is -2.23. The molecule has 0 aliphatic carbocycles. The monoisotopic (exact) mass is 309 g/mol. The zero-order valence-electron chi connectivity index (χ0n) is 13.2. The molecule has 2 aromatic heterocycles. The highest BCUT2D eigenvalue weighted by Crippen LogP contribution is 2.20. The Labute approximate surface area is 134 Å². The van der Waals surface area contributed by atoms with E-state index in [9.17, 15) is 4.79 Å². The van der Waals surface area contributed by atoms with Crippen LogP contribution in [0.3, 0.4) is 0 Å². The van der Waals surface area contributed by atoms with Crippen LogP contribution >= 0.6 is 0 Å². The largest absolute Gasteiger partial charge is 0.347 e. The van der Waals surface area contributed by atoms with Crippen LogP contribution in [0.15, 0.2) is 48.8 Å². The van der Waals surface area contributed by atoms with Gasteiger partial charge in [0.15, 0.2) is 0 Å². The number of nitrogens with zero attached hydrogens (tertiary/aromatic N) is 3. The Kier molecular flexibility index (Phi) is 4.23. The maximum Gasteiger partial charge on any atom is 0.269 e. The minimum Gasteiger partial charge on any atom is -0.347 e. The molecule has 0 aliphatic heterocycles. The highest BCUT2D eigenvalue weighted by Gasteiger charge is 2.15. The Balaban J connectivity index is 1.81. The lowest BCUT2D eigenvalue weighted by Gasteiger charge is -2.06. The normalized spacial score (nSPS) is 10.9. The second-order valence-corrected chi connectivity index (χ2v) is 5.63. The zero-order chi connectivity index (χ0) is 16.2. The number of carbonyl (C=O) groups is 1. The number of nitrogens with one attached hydrogen (secondary N) is 2. The number of carbonyl (C=O) groups excluding carboxylic acids is 1. The Morgan fingerprint density at radius 1 is 1.26 bits per heavy atom. The molecule has 0 atom stereocenters. The van der Waals surface area contributed by atoms with Crippen molar-refractivity contribution in [2.75, 3.05) is 0 Å². The smallest absolute Gasteiger partial charge is 0.269 e. The predicted molar refractivity (Wildman–Crippen MR) is 87.4 cm³/mol. The summed E-state index contributed by atoms with van der Waals surface area (Å²) >= 11 is 0. The van der Waals surface area contributed by atoms with Gasteiger partial charge in [-0.3, -0.25) is 9.89 Å². The Bertz CT molecular complexity index is 775. The molecule has 0 fully saturated rings. The minimum atomic E-state index is -0.176. The lowest BCUT2D eigenvalue weighted by molar-refractivity contribution is 0.0946. The molecule has 118 valence electrons. The molecule has 23 heavy (non-hydrogen) atoms. The Hall–Kier alpha value is -2.89. The molecule has 6 nitrogen and oxygen atoms in total. The number of amides is 1. The summed E-state index contributed by atoms with van der Waals surface area (Å²) < 4.78 is 1.85. The SMILES string of the molecule is CC(C)c1nn(-c2ccccc2)cc1CNC(=O)c1ccn[nH]1. The van der Waals surface area contributed by atoms with Crippen molar-refractivity contribution in [2.45, 2.75) is 26.3 Å². The van der Waals surface area contributed by atoms with E-state index >= 15 is 0 Å². The molecular weight excluding hydrogens is 290 g/mol. The first kappa shape index (κ1) is 15.0. The molecule has 3 aromatic rings. The van der Waals surface area contributed by atoms with Crippen molar-refractivity contribution in [1.29, 1.82) is 0 Å². The highest BCUT2D eigenvalue weighted by atomic mass is 16.1. The van der Waals surface area contributed by atoms with Gasteiger partial charge in [-0.1, -0.05) is 32.0 Å². The van der Waals surface area contributed by atoms with Gasteiger partial charge in [-0.2, -0.15) is 10.2 Å². The number of hydrogen-bond acceptors (Lipinski definition) is 3. The van der Waals surface area contributed by atoms with Gasteiger partial charge >= 0.3 is 0 Å². The third kappa shape index (κ3) is 3.31. The first-order valence-corrected chi connectivity index (χ1v) is 7.56. The Morgan fingerprint density at radius 3 is 2.70 bits per heavy atom. The third-order valence-corrected chi connectivity index (χ3v) is 3.57. The third-order valence-electron chi connectivity index (χ3n) is 3.57. The van der Waals surface area contributed by atoms with Crippen molar-refractivity contribution in [3.05, 3.63) is 65.7 Å². The van der Waals surface area contributed by atoms with E-state index in [1.165, 1.54) is 0 Å². The van der Waals surface area contributed by atoms with Gasteiger partial charge in [0.1, 0.15) is 5.69 Å². The molecule has 0 bridgehead atoms. The van der Waals surface area contributed by atoms with Gasteiger partial charge in [-0.25, -0.2) is 4.68 Å². The van der Waals surface area contributed by atoms with E-state index in [4.69, 9.17) is 0 Å². The summed E-state index contributed by atoms with van der Waals surface area (Å²) in [5, 5.41) is 14.0. The summed E-state index contributed by atoms with van der Waals surface area (Å²) in [6.07, 6.45) is 3.53. The molecule has 3 rings (SSSR count). The van der Waals surface area contributed by atoms with E-state index in [0.29, 0.717) is 12.2 Å². The standard InChI is InChI=1S/C17H19N5O/c1-12(2)16-13(10-18-17(23)15-8-9-19-20-15)11-22(21-16)14-6-4-3-5-7-14/h3-9,11-12H,10H2,1-2H3,(H,18,23)(H,19,20).